The van der Waals surface area contributed by atoms with Crippen LogP contribution in [0.1, 0.15) is 36.2 Å². The highest BCUT2D eigenvalue weighted by atomic mass is 35.5. The zero-order valence-corrected chi connectivity index (χ0v) is 20.2. The number of nitrogens with two attached hydrogens (primary N) is 1. The molecule has 4 rings (SSSR count). The number of carbonyl (C=O) groups is 2. The molecule has 8 heteroatoms. The fourth-order valence-corrected chi connectivity index (χ4v) is 4.06. The minimum absolute atomic E-state index is 0.0316. The van der Waals surface area contributed by atoms with E-state index in [9.17, 15) is 14.7 Å². The average Bonchev–Trinajstić information content (AvgIpc) is 3.24. The van der Waals surface area contributed by atoms with Gasteiger partial charge in [-0.2, -0.15) is 0 Å². The first-order valence-corrected chi connectivity index (χ1v) is 11.4. The third-order valence-corrected chi connectivity index (χ3v) is 5.99. The van der Waals surface area contributed by atoms with Crippen molar-refractivity contribution in [3.8, 4) is 17.2 Å². The normalized spacial score (nSPS) is 13.5. The lowest BCUT2D eigenvalue weighted by atomic mass is 9.89. The van der Waals surface area contributed by atoms with Crippen molar-refractivity contribution >= 4 is 39.9 Å². The number of fused-ring (bicyclic) bond motifs is 1. The van der Waals surface area contributed by atoms with Crippen LogP contribution in [0, 0.1) is 12.3 Å². The minimum atomic E-state index is -0.762. The summed E-state index contributed by atoms with van der Waals surface area (Å²) in [6.07, 6.45) is 4.00. The van der Waals surface area contributed by atoms with E-state index in [1.165, 1.54) is 18.3 Å². The standard InChI is InChI=1S/C27H24ClN3O4/c1-27(2,3)25-9-15(14-31-25)8-17(32)10-16-4-5-18(11-21(16)28)35-24-6-7-30-22-13-23(33)20(26(29)34)12-19(22)24/h4-7,9,11-13H,1,8,10,14H2,2-3H3,(H2-,29,30,33,34)/p+1. The quantitative estimate of drug-likeness (QED) is 0.419. The predicted molar refractivity (Wildman–Crippen MR) is 136 cm³/mol. The summed E-state index contributed by atoms with van der Waals surface area (Å²) in [6, 6.07) is 9.53. The Morgan fingerprint density at radius 2 is 1.97 bits per heavy atom. The summed E-state index contributed by atoms with van der Waals surface area (Å²) in [7, 11) is 0. The smallest absolute Gasteiger partial charge is 0.252 e. The van der Waals surface area contributed by atoms with Gasteiger partial charge in [0.2, 0.25) is 0 Å². The zero-order chi connectivity index (χ0) is 25.3. The molecule has 0 atom stereocenters. The molecule has 0 spiro atoms. The molecule has 1 aliphatic rings. The van der Waals surface area contributed by atoms with Gasteiger partial charge in [0.15, 0.2) is 0 Å². The molecule has 1 aliphatic heterocycles. The number of ketones is 1. The second kappa shape index (κ2) is 9.43. The van der Waals surface area contributed by atoms with Crippen LogP contribution >= 0.6 is 11.6 Å². The third-order valence-electron chi connectivity index (χ3n) is 5.64. The Bertz CT molecular complexity index is 1400. The van der Waals surface area contributed by atoms with E-state index >= 15 is 0 Å². The molecule has 2 heterocycles. The van der Waals surface area contributed by atoms with Crippen molar-refractivity contribution in [3.63, 3.8) is 0 Å². The second-order valence-corrected chi connectivity index (χ2v) is 9.60. The number of benzene rings is 2. The fourth-order valence-electron chi connectivity index (χ4n) is 3.82. The van der Waals surface area contributed by atoms with Crippen molar-refractivity contribution in [1.82, 2.24) is 4.98 Å². The Morgan fingerprint density at radius 1 is 1.20 bits per heavy atom. The number of primary amides is 1. The molecule has 0 saturated heterocycles. The van der Waals surface area contributed by atoms with Gasteiger partial charge in [-0.3, -0.25) is 19.6 Å². The SMILES string of the molecule is [CH2+]C(C)(C)C1=NCC(CC(=O)Cc2ccc(Oc3ccnc4cc(O)c(C(N)=O)cc34)cc2Cl)=C1. The molecule has 3 N–H and O–H groups in total. The first kappa shape index (κ1) is 24.3. The number of hydrogen-bond donors (Lipinski definition) is 2. The van der Waals surface area contributed by atoms with Crippen LogP contribution in [0.2, 0.25) is 5.02 Å². The number of aromatic hydroxyl groups is 1. The number of allylic oxidation sites excluding steroid dienone is 1. The van der Waals surface area contributed by atoms with E-state index in [2.05, 4.69) is 16.9 Å². The summed E-state index contributed by atoms with van der Waals surface area (Å²) in [5.74, 6) is -0.110. The van der Waals surface area contributed by atoms with Crippen LogP contribution in [0.3, 0.4) is 0 Å². The lowest BCUT2D eigenvalue weighted by Gasteiger charge is -2.12. The van der Waals surface area contributed by atoms with Crippen molar-refractivity contribution in [3.05, 3.63) is 77.3 Å². The van der Waals surface area contributed by atoms with E-state index in [1.807, 2.05) is 19.9 Å². The number of hydrogen-bond acceptors (Lipinski definition) is 6. The number of carbonyl (C=O) groups excluding carboxylic acids is 2. The maximum absolute atomic E-state index is 12.7. The van der Waals surface area contributed by atoms with E-state index in [0.29, 0.717) is 46.0 Å². The molecular formula is C27H25ClN3O4+. The number of phenols is 1. The van der Waals surface area contributed by atoms with Crippen LogP contribution in [0.25, 0.3) is 10.9 Å². The molecule has 0 aliphatic carbocycles. The maximum Gasteiger partial charge on any atom is 0.252 e. The maximum atomic E-state index is 12.7. The Balaban J connectivity index is 1.48. The van der Waals surface area contributed by atoms with Crippen LogP contribution in [-0.4, -0.2) is 34.0 Å². The first-order valence-electron chi connectivity index (χ1n) is 11.0. The van der Waals surface area contributed by atoms with Crippen molar-refractivity contribution in [2.75, 3.05) is 6.54 Å². The number of ether oxygens (including phenoxy) is 1. The predicted octanol–water partition coefficient (Wildman–Crippen LogP) is 5.23. The molecule has 3 aromatic rings. The second-order valence-electron chi connectivity index (χ2n) is 9.20. The summed E-state index contributed by atoms with van der Waals surface area (Å²) >= 11 is 6.46. The molecular weight excluding hydrogens is 466 g/mol. The van der Waals surface area contributed by atoms with E-state index in [1.54, 1.807) is 24.3 Å². The highest BCUT2D eigenvalue weighted by Gasteiger charge is 2.28. The van der Waals surface area contributed by atoms with Gasteiger partial charge < -0.3 is 15.6 Å². The van der Waals surface area contributed by atoms with Crippen molar-refractivity contribution < 1.29 is 19.4 Å². The molecule has 7 nitrogen and oxygen atoms in total. The Morgan fingerprint density at radius 3 is 2.63 bits per heavy atom. The number of halogens is 1. The number of aromatic nitrogens is 1. The summed E-state index contributed by atoms with van der Waals surface area (Å²) in [4.78, 5) is 32.9. The summed E-state index contributed by atoms with van der Waals surface area (Å²) in [6.45, 7) is 8.60. The Kier molecular flexibility index (Phi) is 6.54. The van der Waals surface area contributed by atoms with Crippen molar-refractivity contribution in [2.24, 2.45) is 16.1 Å². The third kappa shape index (κ3) is 5.46. The van der Waals surface area contributed by atoms with Crippen molar-refractivity contribution in [1.29, 1.82) is 0 Å². The number of rotatable bonds is 8. The van der Waals surface area contributed by atoms with E-state index < -0.39 is 5.91 Å². The van der Waals surface area contributed by atoms with Gasteiger partial charge in [-0.25, -0.2) is 0 Å². The summed E-state index contributed by atoms with van der Waals surface area (Å²) in [5.41, 5.74) is 8.04. The van der Waals surface area contributed by atoms with E-state index in [0.717, 1.165) is 11.3 Å². The Hall–Kier alpha value is -3.84. The molecule has 0 radical (unpaired) electrons. The van der Waals surface area contributed by atoms with Crippen LogP contribution in [0.4, 0.5) is 0 Å². The van der Waals surface area contributed by atoms with Crippen molar-refractivity contribution in [2.45, 2.75) is 26.7 Å². The molecule has 0 saturated carbocycles. The number of amides is 1. The van der Waals surface area contributed by atoms with E-state index in [4.69, 9.17) is 22.1 Å². The van der Waals surface area contributed by atoms with Crippen LogP contribution < -0.4 is 10.5 Å². The average molecular weight is 491 g/mol. The first-order chi connectivity index (χ1) is 16.5. The van der Waals surface area contributed by atoms with Gasteiger partial charge in [0.1, 0.15) is 28.4 Å². The molecule has 35 heavy (non-hydrogen) atoms. The minimum Gasteiger partial charge on any atom is -0.507 e. The Labute approximate surface area is 208 Å². The molecule has 1 aromatic heterocycles. The van der Waals surface area contributed by atoms with Gasteiger partial charge in [0.05, 0.1) is 30.3 Å². The lowest BCUT2D eigenvalue weighted by Crippen LogP contribution is -2.17. The van der Waals surface area contributed by atoms with Gasteiger partial charge in [-0.1, -0.05) is 17.7 Å². The van der Waals surface area contributed by atoms with Gasteiger partial charge in [0, 0.05) is 35.5 Å². The van der Waals surface area contributed by atoms with Crippen LogP contribution in [0.15, 0.2) is 59.2 Å². The van der Waals surface area contributed by atoms with E-state index in [-0.39, 0.29) is 28.9 Å². The summed E-state index contributed by atoms with van der Waals surface area (Å²) < 4.78 is 5.98. The fraction of sp³-hybridized carbons (Fsp3) is 0.222. The number of Topliss-reactive ketones (excluding diaryl/α,β-unsaturated/α-hetero) is 1. The number of nitrogens with zero attached hydrogens (tertiary/aromatic N) is 2. The molecule has 1 amide bonds. The number of aliphatic imine (C=N–C) groups is 1. The highest BCUT2D eigenvalue weighted by Crippen LogP contribution is 2.34. The summed E-state index contributed by atoms with van der Waals surface area (Å²) in [5, 5.41) is 10.9. The largest absolute Gasteiger partial charge is 0.507 e. The monoisotopic (exact) mass is 490 g/mol. The van der Waals surface area contributed by atoms with Gasteiger partial charge >= 0.3 is 0 Å². The highest BCUT2D eigenvalue weighted by molar-refractivity contribution is 6.31. The lowest BCUT2D eigenvalue weighted by molar-refractivity contribution is -0.117. The van der Waals surface area contributed by atoms with Gasteiger partial charge in [-0.05, 0) is 55.3 Å². The van der Waals surface area contributed by atoms with Crippen LogP contribution in [-0.2, 0) is 11.2 Å². The molecule has 0 bridgehead atoms. The molecule has 178 valence electrons. The zero-order valence-electron chi connectivity index (χ0n) is 19.5. The van der Waals surface area contributed by atoms with Gasteiger partial charge in [-0.15, -0.1) is 0 Å². The topological polar surface area (TPSA) is 115 Å². The number of pyridine rings is 1. The molecule has 0 unspecified atom stereocenters. The molecule has 0 fully saturated rings. The van der Waals surface area contributed by atoms with Gasteiger partial charge in [0.25, 0.3) is 5.91 Å². The molecule has 2 aromatic carbocycles. The van der Waals surface area contributed by atoms with Crippen LogP contribution in [0.5, 0.6) is 17.2 Å².